The molecule has 4 heteroatoms. The number of carboxylic acid groups (broad SMARTS) is 1. The highest BCUT2D eigenvalue weighted by Crippen LogP contribution is 2.16. The quantitative estimate of drug-likeness (QED) is 0.871. The maximum absolute atomic E-state index is 10.7. The van der Waals surface area contributed by atoms with Crippen molar-refractivity contribution in [2.75, 3.05) is 0 Å². The van der Waals surface area contributed by atoms with E-state index in [0.717, 1.165) is 5.56 Å². The Labute approximate surface area is 99.2 Å². The molecule has 1 heterocycles. The molecule has 0 fully saturated rings. The van der Waals surface area contributed by atoms with Crippen molar-refractivity contribution in [3.05, 3.63) is 54.2 Å². The Morgan fingerprint density at radius 1 is 1.00 bits per heavy atom. The molecular weight excluding hydrogens is 226 g/mol. The highest BCUT2D eigenvalue weighted by atomic mass is 35.5. The van der Waals surface area contributed by atoms with Gasteiger partial charge in [-0.15, -0.1) is 12.4 Å². The highest BCUT2D eigenvalue weighted by Gasteiger charge is 2.05. The predicted octanol–water partition coefficient (Wildman–Crippen LogP) is 2.87. The Kier molecular flexibility index (Phi) is 4.03. The molecule has 3 nitrogen and oxygen atoms in total. The molecule has 0 amide bonds. The van der Waals surface area contributed by atoms with E-state index in [1.807, 2.05) is 30.3 Å². The molecule has 0 saturated carbocycles. The van der Waals surface area contributed by atoms with Crippen LogP contribution in [0.1, 0.15) is 10.5 Å². The fraction of sp³-hybridized carbons (Fsp3) is 0. The van der Waals surface area contributed by atoms with Gasteiger partial charge in [-0.05, 0) is 12.1 Å². The summed E-state index contributed by atoms with van der Waals surface area (Å²) < 4.78 is 0. The molecule has 0 saturated heterocycles. The van der Waals surface area contributed by atoms with Gasteiger partial charge in [0, 0.05) is 5.56 Å². The summed E-state index contributed by atoms with van der Waals surface area (Å²) in [4.78, 5) is 14.8. The van der Waals surface area contributed by atoms with Gasteiger partial charge in [-0.25, -0.2) is 9.78 Å². The number of nitrogens with zero attached hydrogens (tertiary/aromatic N) is 1. The fourth-order valence-corrected chi connectivity index (χ4v) is 1.32. The lowest BCUT2D eigenvalue weighted by molar-refractivity contribution is 0.0690. The van der Waals surface area contributed by atoms with E-state index in [1.54, 1.807) is 12.1 Å². The minimum absolute atomic E-state index is 0. The van der Waals surface area contributed by atoms with E-state index in [0.29, 0.717) is 5.69 Å². The summed E-state index contributed by atoms with van der Waals surface area (Å²) in [6, 6.07) is 14.5. The number of hydrogen-bond acceptors (Lipinski definition) is 2. The number of pyridine rings is 1. The van der Waals surface area contributed by atoms with Crippen LogP contribution in [-0.4, -0.2) is 16.1 Å². The zero-order valence-electron chi connectivity index (χ0n) is 8.33. The first-order valence-electron chi connectivity index (χ1n) is 4.53. The SMILES string of the molecule is Cl.O=C(O)c1cccc(-c2ccccc2)n1. The Morgan fingerprint density at radius 2 is 1.69 bits per heavy atom. The molecule has 0 atom stereocenters. The van der Waals surface area contributed by atoms with Crippen LogP contribution < -0.4 is 0 Å². The highest BCUT2D eigenvalue weighted by molar-refractivity contribution is 5.86. The number of aromatic nitrogens is 1. The van der Waals surface area contributed by atoms with Crippen molar-refractivity contribution in [2.24, 2.45) is 0 Å². The lowest BCUT2D eigenvalue weighted by atomic mass is 10.1. The van der Waals surface area contributed by atoms with Crippen molar-refractivity contribution in [1.82, 2.24) is 4.98 Å². The van der Waals surface area contributed by atoms with Gasteiger partial charge >= 0.3 is 5.97 Å². The number of carboxylic acids is 1. The number of carbonyl (C=O) groups is 1. The van der Waals surface area contributed by atoms with Crippen LogP contribution in [0.4, 0.5) is 0 Å². The van der Waals surface area contributed by atoms with Crippen molar-refractivity contribution in [3.8, 4) is 11.3 Å². The molecule has 1 N–H and O–H groups in total. The lowest BCUT2D eigenvalue weighted by Crippen LogP contribution is -2.00. The second-order valence-electron chi connectivity index (χ2n) is 3.08. The summed E-state index contributed by atoms with van der Waals surface area (Å²) in [5.74, 6) is -1.01. The third-order valence-electron chi connectivity index (χ3n) is 2.04. The van der Waals surface area contributed by atoms with E-state index >= 15 is 0 Å². The van der Waals surface area contributed by atoms with Crippen molar-refractivity contribution in [3.63, 3.8) is 0 Å². The monoisotopic (exact) mass is 235 g/mol. The molecule has 0 aliphatic rings. The van der Waals surface area contributed by atoms with E-state index < -0.39 is 5.97 Å². The van der Waals surface area contributed by atoms with Crippen molar-refractivity contribution < 1.29 is 9.90 Å². The molecule has 0 spiro atoms. The molecule has 0 aliphatic carbocycles. The third kappa shape index (κ3) is 2.58. The van der Waals surface area contributed by atoms with Crippen LogP contribution in [0.25, 0.3) is 11.3 Å². The Bertz CT molecular complexity index is 485. The maximum Gasteiger partial charge on any atom is 0.354 e. The first-order chi connectivity index (χ1) is 7.27. The third-order valence-corrected chi connectivity index (χ3v) is 2.04. The maximum atomic E-state index is 10.7. The summed E-state index contributed by atoms with van der Waals surface area (Å²) in [5.41, 5.74) is 1.66. The van der Waals surface area contributed by atoms with E-state index in [9.17, 15) is 4.79 Å². The van der Waals surface area contributed by atoms with Crippen molar-refractivity contribution in [2.45, 2.75) is 0 Å². The van der Waals surface area contributed by atoms with E-state index in [4.69, 9.17) is 5.11 Å². The molecule has 82 valence electrons. The first kappa shape index (κ1) is 12.2. The number of aromatic carboxylic acids is 1. The van der Waals surface area contributed by atoms with E-state index in [2.05, 4.69) is 4.98 Å². The number of halogens is 1. The van der Waals surface area contributed by atoms with Gasteiger partial charge in [0.05, 0.1) is 5.69 Å². The molecule has 2 rings (SSSR count). The van der Waals surface area contributed by atoms with Crippen LogP contribution in [0.2, 0.25) is 0 Å². The molecule has 0 bridgehead atoms. The second kappa shape index (κ2) is 5.28. The number of hydrogen-bond donors (Lipinski definition) is 1. The van der Waals surface area contributed by atoms with Crippen LogP contribution in [0.3, 0.4) is 0 Å². The Hall–Kier alpha value is -1.87. The molecular formula is C12H10ClNO2. The number of benzene rings is 1. The van der Waals surface area contributed by atoms with Crippen LogP contribution in [0.5, 0.6) is 0 Å². The zero-order chi connectivity index (χ0) is 10.7. The molecule has 0 aliphatic heterocycles. The summed E-state index contributed by atoms with van der Waals surface area (Å²) in [6.45, 7) is 0. The normalized spacial score (nSPS) is 9.25. The van der Waals surface area contributed by atoms with Gasteiger partial charge in [0.1, 0.15) is 5.69 Å². The van der Waals surface area contributed by atoms with Crippen LogP contribution >= 0.6 is 12.4 Å². The predicted molar refractivity (Wildman–Crippen MR) is 63.9 cm³/mol. The Morgan fingerprint density at radius 3 is 2.31 bits per heavy atom. The summed E-state index contributed by atoms with van der Waals surface area (Å²) in [6.07, 6.45) is 0. The van der Waals surface area contributed by atoms with Gasteiger partial charge in [0.15, 0.2) is 0 Å². The number of rotatable bonds is 2. The molecule has 0 unspecified atom stereocenters. The standard InChI is InChI=1S/C12H9NO2.ClH/c14-12(15)11-8-4-7-10(13-11)9-5-2-1-3-6-9;/h1-8H,(H,14,15);1H. The lowest BCUT2D eigenvalue weighted by Gasteiger charge is -2.00. The Balaban J connectivity index is 0.00000128. The van der Waals surface area contributed by atoms with E-state index in [1.165, 1.54) is 6.07 Å². The largest absolute Gasteiger partial charge is 0.477 e. The van der Waals surface area contributed by atoms with Gasteiger partial charge in [-0.3, -0.25) is 0 Å². The zero-order valence-corrected chi connectivity index (χ0v) is 9.15. The topological polar surface area (TPSA) is 50.2 Å². The molecule has 0 radical (unpaired) electrons. The average molecular weight is 236 g/mol. The van der Waals surface area contributed by atoms with Gasteiger partial charge in [0.2, 0.25) is 0 Å². The summed E-state index contributed by atoms with van der Waals surface area (Å²) in [7, 11) is 0. The van der Waals surface area contributed by atoms with Crippen LogP contribution in [0, 0.1) is 0 Å². The van der Waals surface area contributed by atoms with Crippen molar-refractivity contribution >= 4 is 18.4 Å². The van der Waals surface area contributed by atoms with E-state index in [-0.39, 0.29) is 18.1 Å². The van der Waals surface area contributed by atoms with Gasteiger partial charge < -0.3 is 5.11 Å². The fourth-order valence-electron chi connectivity index (χ4n) is 1.32. The molecule has 2 aromatic rings. The second-order valence-corrected chi connectivity index (χ2v) is 3.08. The first-order valence-corrected chi connectivity index (χ1v) is 4.53. The molecule has 1 aromatic heterocycles. The van der Waals surface area contributed by atoms with Gasteiger partial charge in [0.25, 0.3) is 0 Å². The van der Waals surface area contributed by atoms with Crippen LogP contribution in [0.15, 0.2) is 48.5 Å². The van der Waals surface area contributed by atoms with Gasteiger partial charge in [-0.1, -0.05) is 36.4 Å². The van der Waals surface area contributed by atoms with Gasteiger partial charge in [-0.2, -0.15) is 0 Å². The average Bonchev–Trinajstić information content (AvgIpc) is 2.30. The minimum atomic E-state index is -1.01. The molecule has 16 heavy (non-hydrogen) atoms. The summed E-state index contributed by atoms with van der Waals surface area (Å²) >= 11 is 0. The molecule has 1 aromatic carbocycles. The summed E-state index contributed by atoms with van der Waals surface area (Å²) in [5, 5.41) is 8.79. The van der Waals surface area contributed by atoms with Crippen LogP contribution in [-0.2, 0) is 0 Å². The minimum Gasteiger partial charge on any atom is -0.477 e. The smallest absolute Gasteiger partial charge is 0.354 e. The van der Waals surface area contributed by atoms with Crippen molar-refractivity contribution in [1.29, 1.82) is 0 Å².